The molecule has 3 rings (SSSR count). The second-order valence-electron chi connectivity index (χ2n) is 7.42. The summed E-state index contributed by atoms with van der Waals surface area (Å²) in [6.45, 7) is 6.64. The smallest absolute Gasteiger partial charge is 0.271 e. The highest BCUT2D eigenvalue weighted by atomic mass is 32.2. The van der Waals surface area contributed by atoms with Gasteiger partial charge in [-0.05, 0) is 50.6 Å². The van der Waals surface area contributed by atoms with Crippen LogP contribution in [0.3, 0.4) is 0 Å². The van der Waals surface area contributed by atoms with Crippen molar-refractivity contribution in [2.24, 2.45) is 0 Å². The summed E-state index contributed by atoms with van der Waals surface area (Å²) in [6, 6.07) is 11.4. The van der Waals surface area contributed by atoms with Crippen molar-refractivity contribution in [1.82, 2.24) is 14.8 Å². The van der Waals surface area contributed by atoms with E-state index in [0.717, 1.165) is 5.75 Å². The quantitative estimate of drug-likeness (QED) is 0.231. The number of nitrogens with zero attached hydrogens (tertiary/aromatic N) is 4. The molecule has 12 heteroatoms. The van der Waals surface area contributed by atoms with Crippen molar-refractivity contribution in [1.29, 1.82) is 0 Å². The Balaban J connectivity index is 1.58. The van der Waals surface area contributed by atoms with Crippen molar-refractivity contribution in [3.05, 3.63) is 64.0 Å². The monoisotopic (exact) mass is 498 g/mol. The van der Waals surface area contributed by atoms with Crippen LogP contribution in [-0.4, -0.2) is 43.9 Å². The third kappa shape index (κ3) is 7.03. The molecule has 2 amide bonds. The lowest BCUT2D eigenvalue weighted by Crippen LogP contribution is -2.18. The maximum Gasteiger partial charge on any atom is 0.271 e. The first-order chi connectivity index (χ1) is 16.8. The molecule has 0 aliphatic heterocycles. The molecule has 2 aromatic carbocycles. The second-order valence-corrected chi connectivity index (χ2v) is 8.36. The Kier molecular flexibility index (Phi) is 8.79. The largest absolute Gasteiger partial charge is 0.494 e. The zero-order valence-corrected chi connectivity index (χ0v) is 20.4. The van der Waals surface area contributed by atoms with Crippen molar-refractivity contribution >= 4 is 40.6 Å². The van der Waals surface area contributed by atoms with Gasteiger partial charge in [-0.25, -0.2) is 0 Å². The predicted octanol–water partition coefficient (Wildman–Crippen LogP) is 3.83. The van der Waals surface area contributed by atoms with E-state index in [-0.39, 0.29) is 29.7 Å². The van der Waals surface area contributed by atoms with Crippen LogP contribution in [0.1, 0.15) is 25.2 Å². The fourth-order valence-electron chi connectivity index (χ4n) is 3.20. The summed E-state index contributed by atoms with van der Waals surface area (Å²) >= 11 is 1.17. The van der Waals surface area contributed by atoms with Crippen LogP contribution in [0.15, 0.2) is 47.6 Å². The second kappa shape index (κ2) is 12.0. The molecule has 11 nitrogen and oxygen atoms in total. The number of amides is 2. The molecular formula is C23H26N6O5S. The number of aryl methyl sites for hydroxylation is 1. The van der Waals surface area contributed by atoms with Gasteiger partial charge in [0.05, 0.1) is 29.4 Å². The van der Waals surface area contributed by atoms with E-state index in [1.807, 2.05) is 13.8 Å². The Labute approximate surface area is 206 Å². The molecule has 0 saturated heterocycles. The number of rotatable bonds is 11. The van der Waals surface area contributed by atoms with E-state index in [1.165, 1.54) is 23.9 Å². The first-order valence-electron chi connectivity index (χ1n) is 10.9. The summed E-state index contributed by atoms with van der Waals surface area (Å²) in [6.07, 6.45) is 0.0215. The molecule has 0 radical (unpaired) electrons. The van der Waals surface area contributed by atoms with Gasteiger partial charge in [0.25, 0.3) is 5.69 Å². The van der Waals surface area contributed by atoms with Gasteiger partial charge in [-0.3, -0.25) is 19.7 Å². The minimum atomic E-state index is -0.513. The minimum absolute atomic E-state index is 0.0215. The van der Waals surface area contributed by atoms with Crippen molar-refractivity contribution in [2.45, 2.75) is 38.9 Å². The number of ether oxygens (including phenoxy) is 1. The summed E-state index contributed by atoms with van der Waals surface area (Å²) < 4.78 is 7.17. The number of non-ortho nitro benzene ring substituents is 1. The molecule has 0 atom stereocenters. The molecule has 1 heterocycles. The van der Waals surface area contributed by atoms with Gasteiger partial charge in [0.1, 0.15) is 11.6 Å². The molecule has 0 aliphatic carbocycles. The summed E-state index contributed by atoms with van der Waals surface area (Å²) in [5, 5.41) is 25.2. The molecule has 35 heavy (non-hydrogen) atoms. The Morgan fingerprint density at radius 3 is 2.49 bits per heavy atom. The highest BCUT2D eigenvalue weighted by molar-refractivity contribution is 7.99. The van der Waals surface area contributed by atoms with Crippen molar-refractivity contribution in [3.63, 3.8) is 0 Å². The SMILES string of the molecule is CCOc1ccc(NC(=O)Cc2nnc(SCC(=O)Nc3cc([N+](=O)[O-])ccc3C)n2CC)cc1. The molecule has 1 aromatic heterocycles. The molecule has 3 aromatic rings. The zero-order valence-electron chi connectivity index (χ0n) is 19.6. The lowest BCUT2D eigenvalue weighted by molar-refractivity contribution is -0.384. The molecule has 2 N–H and O–H groups in total. The maximum atomic E-state index is 12.5. The van der Waals surface area contributed by atoms with Gasteiger partial charge < -0.3 is 19.9 Å². The Hall–Kier alpha value is -3.93. The van der Waals surface area contributed by atoms with Gasteiger partial charge >= 0.3 is 0 Å². The number of aromatic nitrogens is 3. The van der Waals surface area contributed by atoms with Gasteiger partial charge in [-0.15, -0.1) is 10.2 Å². The maximum absolute atomic E-state index is 12.5. The fraction of sp³-hybridized carbons (Fsp3) is 0.304. The first-order valence-corrected chi connectivity index (χ1v) is 11.9. The van der Waals surface area contributed by atoms with Crippen LogP contribution in [-0.2, 0) is 22.6 Å². The van der Waals surface area contributed by atoms with Crippen molar-refractivity contribution < 1.29 is 19.2 Å². The number of nitrogens with one attached hydrogen (secondary N) is 2. The number of hydrogen-bond donors (Lipinski definition) is 2. The molecule has 184 valence electrons. The molecule has 0 spiro atoms. The fourth-order valence-corrected chi connectivity index (χ4v) is 4.02. The average Bonchev–Trinajstić information content (AvgIpc) is 3.21. The lowest BCUT2D eigenvalue weighted by atomic mass is 10.2. The number of benzene rings is 2. The van der Waals surface area contributed by atoms with Gasteiger partial charge in [0, 0.05) is 24.4 Å². The van der Waals surface area contributed by atoms with E-state index in [0.29, 0.717) is 41.1 Å². The number of nitro groups is 1. The Morgan fingerprint density at radius 1 is 1.09 bits per heavy atom. The van der Waals surface area contributed by atoms with Crippen molar-refractivity contribution in [3.8, 4) is 5.75 Å². The van der Waals surface area contributed by atoms with E-state index >= 15 is 0 Å². The first kappa shape index (κ1) is 25.7. The summed E-state index contributed by atoms with van der Waals surface area (Å²) in [7, 11) is 0. The molecule has 0 fully saturated rings. The van der Waals surface area contributed by atoms with Gasteiger partial charge in [-0.1, -0.05) is 17.8 Å². The number of thioether (sulfide) groups is 1. The van der Waals surface area contributed by atoms with Gasteiger partial charge in [0.2, 0.25) is 11.8 Å². The third-order valence-electron chi connectivity index (χ3n) is 4.92. The van der Waals surface area contributed by atoms with E-state index < -0.39 is 4.92 Å². The van der Waals surface area contributed by atoms with Crippen LogP contribution in [0.5, 0.6) is 5.75 Å². The Bertz CT molecular complexity index is 1210. The number of carbonyl (C=O) groups excluding carboxylic acids is 2. The number of nitro benzene ring substituents is 1. The topological polar surface area (TPSA) is 141 Å². The number of carbonyl (C=O) groups is 2. The van der Waals surface area contributed by atoms with Gasteiger partial charge in [-0.2, -0.15) is 0 Å². The van der Waals surface area contributed by atoms with Crippen LogP contribution in [0.25, 0.3) is 0 Å². The average molecular weight is 499 g/mol. The predicted molar refractivity (Wildman–Crippen MR) is 133 cm³/mol. The third-order valence-corrected chi connectivity index (χ3v) is 5.88. The van der Waals surface area contributed by atoms with E-state index in [4.69, 9.17) is 4.74 Å². The highest BCUT2D eigenvalue weighted by Gasteiger charge is 2.17. The molecule has 0 bridgehead atoms. The van der Waals surface area contributed by atoms with Crippen LogP contribution in [0.2, 0.25) is 0 Å². The van der Waals surface area contributed by atoms with Crippen LogP contribution >= 0.6 is 11.8 Å². The van der Waals surface area contributed by atoms with Crippen LogP contribution in [0, 0.1) is 17.0 Å². The van der Waals surface area contributed by atoms with Crippen LogP contribution in [0.4, 0.5) is 17.1 Å². The lowest BCUT2D eigenvalue weighted by Gasteiger charge is -2.10. The zero-order chi connectivity index (χ0) is 25.4. The summed E-state index contributed by atoms with van der Waals surface area (Å²) in [4.78, 5) is 35.4. The van der Waals surface area contributed by atoms with Crippen LogP contribution < -0.4 is 15.4 Å². The summed E-state index contributed by atoms with van der Waals surface area (Å²) in [5.74, 6) is 0.653. The molecular weight excluding hydrogens is 472 g/mol. The number of hydrogen-bond acceptors (Lipinski definition) is 8. The van der Waals surface area contributed by atoms with Gasteiger partial charge in [0.15, 0.2) is 5.16 Å². The normalized spacial score (nSPS) is 10.6. The van der Waals surface area contributed by atoms with E-state index in [9.17, 15) is 19.7 Å². The van der Waals surface area contributed by atoms with E-state index in [2.05, 4.69) is 20.8 Å². The molecule has 0 unspecified atom stereocenters. The molecule has 0 aliphatic rings. The van der Waals surface area contributed by atoms with Crippen molar-refractivity contribution in [2.75, 3.05) is 23.0 Å². The highest BCUT2D eigenvalue weighted by Crippen LogP contribution is 2.23. The standard InChI is InChI=1S/C23H26N6O5S/c1-4-28-20(13-21(30)24-16-7-10-18(11-8-16)34-5-2)26-27-23(28)35-14-22(31)25-19-12-17(29(32)33)9-6-15(19)3/h6-12H,4-5,13-14H2,1-3H3,(H,24,30)(H,25,31). The Morgan fingerprint density at radius 2 is 1.83 bits per heavy atom. The van der Waals surface area contributed by atoms with E-state index in [1.54, 1.807) is 41.8 Å². The number of anilines is 2. The summed E-state index contributed by atoms with van der Waals surface area (Å²) in [5.41, 5.74) is 1.64. The minimum Gasteiger partial charge on any atom is -0.494 e. The molecule has 0 saturated carbocycles.